The predicted octanol–water partition coefficient (Wildman–Crippen LogP) is 4.23. The molecule has 0 spiro atoms. The Morgan fingerprint density at radius 2 is 1.79 bits per heavy atom. The standard InChI is InChI=1S/C27H37ClFN3O4S.2ClH/c1-27(2,3)20-8-6-7-17(10-20)13-30-23-16-37(35,36)15-19(26(23)34)9-18-11-21(28)25(22(29)12-18)31-24(33)14-32(4)5;;/h6-8,10-12,19,23,26,30,34H,9,13-16H2,1-5H3,(H,31,33);2*1H/t19-,23+,26+;;/m1../s1. The summed E-state index contributed by atoms with van der Waals surface area (Å²) in [6.45, 7) is 6.86. The number of hydrogen-bond acceptors (Lipinski definition) is 6. The number of amides is 1. The average Bonchev–Trinajstić information content (AvgIpc) is 2.76. The van der Waals surface area contributed by atoms with E-state index in [1.165, 1.54) is 17.7 Å². The van der Waals surface area contributed by atoms with Crippen LogP contribution < -0.4 is 10.6 Å². The molecule has 39 heavy (non-hydrogen) atoms. The Balaban J connectivity index is 0.00000380. The minimum atomic E-state index is -3.44. The average molecular weight is 627 g/mol. The molecule has 0 radical (unpaired) electrons. The van der Waals surface area contributed by atoms with Crippen molar-refractivity contribution in [2.24, 2.45) is 5.92 Å². The second-order valence-corrected chi connectivity index (χ2v) is 13.8. The van der Waals surface area contributed by atoms with Crippen molar-refractivity contribution in [1.82, 2.24) is 10.2 Å². The van der Waals surface area contributed by atoms with E-state index in [0.717, 1.165) is 5.56 Å². The van der Waals surface area contributed by atoms with Gasteiger partial charge in [-0.15, -0.1) is 24.8 Å². The molecule has 220 valence electrons. The van der Waals surface area contributed by atoms with E-state index in [9.17, 15) is 22.7 Å². The number of nitrogens with zero attached hydrogens (tertiary/aromatic N) is 1. The lowest BCUT2D eigenvalue weighted by atomic mass is 9.86. The topological polar surface area (TPSA) is 98.7 Å². The minimum Gasteiger partial charge on any atom is -0.391 e. The molecule has 1 fully saturated rings. The van der Waals surface area contributed by atoms with Gasteiger partial charge in [-0.3, -0.25) is 4.79 Å². The maximum atomic E-state index is 14.8. The third-order valence-electron chi connectivity index (χ3n) is 6.48. The Labute approximate surface area is 248 Å². The zero-order valence-corrected chi connectivity index (χ0v) is 26.0. The van der Waals surface area contributed by atoms with Crippen LogP contribution in [0.15, 0.2) is 36.4 Å². The number of halogens is 4. The Morgan fingerprint density at radius 3 is 2.38 bits per heavy atom. The van der Waals surface area contributed by atoms with Gasteiger partial charge < -0.3 is 20.6 Å². The highest BCUT2D eigenvalue weighted by Gasteiger charge is 2.39. The quantitative estimate of drug-likeness (QED) is 0.406. The second-order valence-electron chi connectivity index (χ2n) is 11.2. The first-order valence-electron chi connectivity index (χ1n) is 12.3. The van der Waals surface area contributed by atoms with Gasteiger partial charge in [0.1, 0.15) is 5.82 Å². The summed E-state index contributed by atoms with van der Waals surface area (Å²) in [5.74, 6) is -2.13. The van der Waals surface area contributed by atoms with Crippen molar-refractivity contribution in [2.75, 3.05) is 37.5 Å². The summed E-state index contributed by atoms with van der Waals surface area (Å²) in [6, 6.07) is 10.1. The van der Waals surface area contributed by atoms with Gasteiger partial charge in [-0.2, -0.15) is 0 Å². The lowest BCUT2D eigenvalue weighted by molar-refractivity contribution is -0.116. The minimum absolute atomic E-state index is 0. The molecule has 3 rings (SSSR count). The van der Waals surface area contributed by atoms with Crippen molar-refractivity contribution >= 4 is 57.8 Å². The molecule has 2 aromatic rings. The molecule has 0 bridgehead atoms. The number of anilines is 1. The van der Waals surface area contributed by atoms with Gasteiger partial charge in [0.05, 0.1) is 34.9 Å². The first-order chi connectivity index (χ1) is 17.1. The van der Waals surface area contributed by atoms with Gasteiger partial charge in [0.2, 0.25) is 5.91 Å². The number of carbonyl (C=O) groups excluding carboxylic acids is 1. The summed E-state index contributed by atoms with van der Waals surface area (Å²) < 4.78 is 40.2. The van der Waals surface area contributed by atoms with Crippen molar-refractivity contribution in [2.45, 2.75) is 51.3 Å². The van der Waals surface area contributed by atoms with E-state index in [4.69, 9.17) is 11.6 Å². The molecule has 2 aromatic carbocycles. The smallest absolute Gasteiger partial charge is 0.238 e. The van der Waals surface area contributed by atoms with Crippen LogP contribution in [0.3, 0.4) is 0 Å². The van der Waals surface area contributed by atoms with E-state index in [2.05, 4.69) is 43.5 Å². The maximum absolute atomic E-state index is 14.8. The normalized spacial score (nSPS) is 20.6. The zero-order valence-electron chi connectivity index (χ0n) is 22.8. The highest BCUT2D eigenvalue weighted by atomic mass is 35.5. The van der Waals surface area contributed by atoms with Crippen LogP contribution in [0.4, 0.5) is 10.1 Å². The van der Waals surface area contributed by atoms with E-state index >= 15 is 0 Å². The molecule has 0 unspecified atom stereocenters. The summed E-state index contributed by atoms with van der Waals surface area (Å²) in [4.78, 5) is 13.7. The molecule has 0 saturated carbocycles. The number of aliphatic hydroxyl groups is 1. The van der Waals surface area contributed by atoms with Gasteiger partial charge in [0.15, 0.2) is 9.84 Å². The van der Waals surface area contributed by atoms with Gasteiger partial charge in [0.25, 0.3) is 0 Å². The zero-order chi connectivity index (χ0) is 27.5. The van der Waals surface area contributed by atoms with Crippen LogP contribution in [0, 0.1) is 11.7 Å². The molecule has 0 aliphatic carbocycles. The number of likely N-dealkylation sites (N-methyl/N-ethyl adjacent to an activating group) is 1. The van der Waals surface area contributed by atoms with E-state index in [1.54, 1.807) is 19.0 Å². The molecule has 1 aliphatic heterocycles. The summed E-state index contributed by atoms with van der Waals surface area (Å²) in [5, 5.41) is 16.8. The lowest BCUT2D eigenvalue weighted by Gasteiger charge is -2.35. The molecular formula is C27H39Cl3FN3O4S. The van der Waals surface area contributed by atoms with Gasteiger partial charge >= 0.3 is 0 Å². The van der Waals surface area contributed by atoms with E-state index in [0.29, 0.717) is 12.1 Å². The first-order valence-corrected chi connectivity index (χ1v) is 14.5. The molecule has 0 aromatic heterocycles. The molecule has 7 nitrogen and oxygen atoms in total. The number of carbonyl (C=O) groups is 1. The molecule has 1 aliphatic rings. The van der Waals surface area contributed by atoms with Gasteiger partial charge in [-0.25, -0.2) is 12.8 Å². The summed E-state index contributed by atoms with van der Waals surface area (Å²) in [6.07, 6.45) is -0.823. The lowest BCUT2D eigenvalue weighted by Crippen LogP contribution is -2.54. The first kappa shape index (κ1) is 35.6. The van der Waals surface area contributed by atoms with Gasteiger partial charge in [0, 0.05) is 18.5 Å². The molecule has 12 heteroatoms. The summed E-state index contributed by atoms with van der Waals surface area (Å²) >= 11 is 6.25. The molecule has 1 heterocycles. The third kappa shape index (κ3) is 10.1. The van der Waals surface area contributed by atoms with Crippen molar-refractivity contribution in [3.8, 4) is 0 Å². The maximum Gasteiger partial charge on any atom is 0.238 e. The van der Waals surface area contributed by atoms with Crippen LogP contribution in [-0.2, 0) is 33.0 Å². The largest absolute Gasteiger partial charge is 0.391 e. The second kappa shape index (κ2) is 14.4. The number of nitrogens with one attached hydrogen (secondary N) is 2. The van der Waals surface area contributed by atoms with Crippen LogP contribution in [0.25, 0.3) is 0 Å². The Hall–Kier alpha value is -1.46. The SMILES string of the molecule is CN(C)CC(=O)Nc1c(F)cc(C[C@@H]2CS(=O)(=O)C[C@H](NCc3cccc(C(C)(C)C)c3)[C@H]2O)cc1Cl.Cl.Cl. The molecule has 3 atom stereocenters. The molecule has 3 N–H and O–H groups in total. The molecule has 1 saturated heterocycles. The third-order valence-corrected chi connectivity index (χ3v) is 8.58. The van der Waals surface area contributed by atoms with Crippen LogP contribution in [0.5, 0.6) is 0 Å². The van der Waals surface area contributed by atoms with Crippen LogP contribution in [-0.4, -0.2) is 68.6 Å². The number of hydrogen-bond donors (Lipinski definition) is 3. The van der Waals surface area contributed by atoms with E-state index < -0.39 is 39.6 Å². The van der Waals surface area contributed by atoms with Crippen LogP contribution >= 0.6 is 36.4 Å². The fraction of sp³-hybridized carbons (Fsp3) is 0.519. The molecule has 1 amide bonds. The number of benzene rings is 2. The highest BCUT2D eigenvalue weighted by molar-refractivity contribution is 7.91. The Morgan fingerprint density at radius 1 is 1.13 bits per heavy atom. The van der Waals surface area contributed by atoms with Crippen LogP contribution in [0.2, 0.25) is 5.02 Å². The fourth-order valence-corrected chi connectivity index (χ4v) is 6.82. The van der Waals surface area contributed by atoms with Crippen molar-refractivity contribution < 1.29 is 22.7 Å². The van der Waals surface area contributed by atoms with Gasteiger partial charge in [-0.1, -0.05) is 56.6 Å². The Bertz CT molecular complexity index is 1220. The summed E-state index contributed by atoms with van der Waals surface area (Å²) in [5.41, 5.74) is 2.48. The van der Waals surface area contributed by atoms with E-state index in [-0.39, 0.29) is 65.4 Å². The molecular weight excluding hydrogens is 588 g/mol. The van der Waals surface area contributed by atoms with E-state index in [1.807, 2.05) is 12.1 Å². The monoisotopic (exact) mass is 625 g/mol. The van der Waals surface area contributed by atoms with Crippen molar-refractivity contribution in [3.05, 3.63) is 63.9 Å². The fourth-order valence-electron chi connectivity index (χ4n) is 4.58. The number of rotatable bonds is 8. The van der Waals surface area contributed by atoms with Gasteiger partial charge in [-0.05, 0) is 54.8 Å². The number of aliphatic hydroxyl groups excluding tert-OH is 1. The van der Waals surface area contributed by atoms with Crippen LogP contribution in [0.1, 0.15) is 37.5 Å². The highest BCUT2D eigenvalue weighted by Crippen LogP contribution is 2.30. The predicted molar refractivity (Wildman–Crippen MR) is 161 cm³/mol. The summed E-state index contributed by atoms with van der Waals surface area (Å²) in [7, 11) is -0.00158. The van der Waals surface area contributed by atoms with Crippen molar-refractivity contribution in [3.63, 3.8) is 0 Å². The Kier molecular flexibility index (Phi) is 13.2. The number of sulfone groups is 1. The van der Waals surface area contributed by atoms with Crippen molar-refractivity contribution in [1.29, 1.82) is 0 Å².